The van der Waals surface area contributed by atoms with Gasteiger partial charge in [-0.05, 0) is 37.1 Å². The summed E-state index contributed by atoms with van der Waals surface area (Å²) in [6.07, 6.45) is 0. The van der Waals surface area contributed by atoms with Gasteiger partial charge in [0.25, 0.3) is 11.7 Å². The summed E-state index contributed by atoms with van der Waals surface area (Å²) < 4.78 is 13.9. The molecule has 4 nitrogen and oxygen atoms in total. The maximum Gasteiger partial charge on any atom is 0.299 e. The molecule has 18 heavy (non-hydrogen) atoms. The smallest absolute Gasteiger partial charge is 0.299 e. The van der Waals surface area contributed by atoms with E-state index in [0.717, 1.165) is 0 Å². The van der Waals surface area contributed by atoms with E-state index in [1.807, 2.05) is 6.92 Å². The number of amides is 1. The lowest BCUT2D eigenvalue weighted by Gasteiger charge is -2.20. The van der Waals surface area contributed by atoms with Gasteiger partial charge in [0.15, 0.2) is 0 Å². The highest BCUT2D eigenvalue weighted by Crippen LogP contribution is 2.33. The number of halogens is 1. The number of hydrogen-bond donors (Lipinski definition) is 1. The number of carbonyl (C=O) groups is 2. The number of benzene rings is 1. The van der Waals surface area contributed by atoms with Crippen molar-refractivity contribution in [2.75, 3.05) is 18.0 Å². The molecule has 0 saturated heterocycles. The molecule has 1 aromatic rings. The second-order valence-electron chi connectivity index (χ2n) is 4.73. The maximum absolute atomic E-state index is 13.9. The van der Waals surface area contributed by atoms with Crippen LogP contribution in [0.5, 0.6) is 0 Å². The second kappa shape index (κ2) is 4.49. The van der Waals surface area contributed by atoms with Crippen LogP contribution in [0.2, 0.25) is 0 Å². The Kier molecular flexibility index (Phi) is 3.17. The molecule has 5 heteroatoms. The number of nitrogens with two attached hydrogens (primary N) is 1. The fourth-order valence-corrected chi connectivity index (χ4v) is 2.08. The Morgan fingerprint density at radius 1 is 1.39 bits per heavy atom. The molecule has 96 valence electrons. The lowest BCUT2D eigenvalue weighted by molar-refractivity contribution is -0.114. The van der Waals surface area contributed by atoms with Crippen LogP contribution in [-0.2, 0) is 4.79 Å². The Labute approximate surface area is 105 Å². The summed E-state index contributed by atoms with van der Waals surface area (Å²) in [7, 11) is 0. The third-order valence-electron chi connectivity index (χ3n) is 3.06. The number of carbonyl (C=O) groups excluding carboxylic acids is 2. The third-order valence-corrected chi connectivity index (χ3v) is 3.06. The Hall–Kier alpha value is -1.75. The predicted octanol–water partition coefficient (Wildman–Crippen LogP) is 1.26. The van der Waals surface area contributed by atoms with Gasteiger partial charge in [0, 0.05) is 6.54 Å². The van der Waals surface area contributed by atoms with Gasteiger partial charge >= 0.3 is 0 Å². The van der Waals surface area contributed by atoms with Gasteiger partial charge in [0.1, 0.15) is 5.82 Å². The molecule has 0 radical (unpaired) electrons. The van der Waals surface area contributed by atoms with E-state index in [-0.39, 0.29) is 23.7 Å². The highest BCUT2D eigenvalue weighted by atomic mass is 19.1. The molecule has 1 aliphatic rings. The Balaban J connectivity index is 2.48. The number of anilines is 1. The van der Waals surface area contributed by atoms with E-state index in [1.165, 1.54) is 11.0 Å². The summed E-state index contributed by atoms with van der Waals surface area (Å²) in [5.41, 5.74) is 6.37. The van der Waals surface area contributed by atoms with Crippen LogP contribution in [0.1, 0.15) is 22.8 Å². The van der Waals surface area contributed by atoms with Crippen molar-refractivity contribution in [3.8, 4) is 0 Å². The van der Waals surface area contributed by atoms with E-state index >= 15 is 0 Å². The van der Waals surface area contributed by atoms with Crippen LogP contribution in [0.4, 0.5) is 10.1 Å². The van der Waals surface area contributed by atoms with E-state index in [1.54, 1.807) is 13.0 Å². The monoisotopic (exact) mass is 250 g/mol. The molecular weight excluding hydrogens is 235 g/mol. The molecule has 2 rings (SSSR count). The van der Waals surface area contributed by atoms with Gasteiger partial charge in [-0.25, -0.2) is 4.39 Å². The van der Waals surface area contributed by atoms with Crippen LogP contribution in [0.25, 0.3) is 0 Å². The first-order chi connectivity index (χ1) is 8.45. The zero-order valence-corrected chi connectivity index (χ0v) is 10.4. The minimum atomic E-state index is -0.671. The van der Waals surface area contributed by atoms with Gasteiger partial charge < -0.3 is 10.6 Å². The number of nitrogens with zero attached hydrogens (tertiary/aromatic N) is 1. The van der Waals surface area contributed by atoms with Crippen molar-refractivity contribution in [2.45, 2.75) is 13.8 Å². The largest absolute Gasteiger partial charge is 0.330 e. The first-order valence-corrected chi connectivity index (χ1v) is 5.82. The molecule has 0 bridgehead atoms. The number of rotatable bonds is 3. The van der Waals surface area contributed by atoms with Gasteiger partial charge in [0.05, 0.1) is 11.3 Å². The number of Topliss-reactive ketones (excluding diaryl/α,β-unsaturated/α-hetero) is 1. The predicted molar refractivity (Wildman–Crippen MR) is 66.0 cm³/mol. The quantitative estimate of drug-likeness (QED) is 0.821. The molecule has 1 atom stereocenters. The first-order valence-electron chi connectivity index (χ1n) is 5.82. The first kappa shape index (κ1) is 12.7. The molecule has 1 amide bonds. The van der Waals surface area contributed by atoms with Crippen molar-refractivity contribution in [3.63, 3.8) is 0 Å². The molecule has 1 aliphatic heterocycles. The van der Waals surface area contributed by atoms with Crippen molar-refractivity contribution >= 4 is 17.4 Å². The summed E-state index contributed by atoms with van der Waals surface area (Å²) in [6.45, 7) is 4.17. The number of fused-ring (bicyclic) bond motifs is 1. The van der Waals surface area contributed by atoms with Gasteiger partial charge in [-0.2, -0.15) is 0 Å². The molecule has 0 fully saturated rings. The van der Waals surface area contributed by atoms with Gasteiger partial charge in [-0.1, -0.05) is 6.92 Å². The van der Waals surface area contributed by atoms with E-state index in [4.69, 9.17) is 5.73 Å². The normalized spacial score (nSPS) is 16.1. The van der Waals surface area contributed by atoms with E-state index in [9.17, 15) is 14.0 Å². The van der Waals surface area contributed by atoms with Gasteiger partial charge in [-0.3, -0.25) is 9.59 Å². The van der Waals surface area contributed by atoms with Crippen molar-refractivity contribution in [1.82, 2.24) is 0 Å². The van der Waals surface area contributed by atoms with Crippen LogP contribution in [0, 0.1) is 18.7 Å². The zero-order valence-electron chi connectivity index (χ0n) is 10.4. The minimum absolute atomic E-state index is 0.00778. The topological polar surface area (TPSA) is 63.4 Å². The summed E-state index contributed by atoms with van der Waals surface area (Å²) in [5, 5.41) is 0. The summed E-state index contributed by atoms with van der Waals surface area (Å²) in [6, 6.07) is 2.87. The maximum atomic E-state index is 13.9. The molecule has 1 unspecified atom stereocenters. The SMILES string of the molecule is Cc1cc(F)c2c(c1)C(=O)C(=O)N2CC(C)CN. The average Bonchev–Trinajstić information content (AvgIpc) is 2.54. The molecule has 2 N–H and O–H groups in total. The fourth-order valence-electron chi connectivity index (χ4n) is 2.08. The molecule has 0 spiro atoms. The molecule has 1 aromatic carbocycles. The second-order valence-corrected chi connectivity index (χ2v) is 4.73. The van der Waals surface area contributed by atoms with Crippen molar-refractivity contribution < 1.29 is 14.0 Å². The molecule has 0 aliphatic carbocycles. The molecular formula is C13H15FN2O2. The number of aryl methyl sites for hydroxylation is 1. The van der Waals surface area contributed by atoms with Crippen LogP contribution in [0.3, 0.4) is 0 Å². The Bertz CT molecular complexity index is 528. The third kappa shape index (κ3) is 1.90. The zero-order chi connectivity index (χ0) is 13.4. The molecule has 0 saturated carbocycles. The van der Waals surface area contributed by atoms with E-state index in [0.29, 0.717) is 12.1 Å². The highest BCUT2D eigenvalue weighted by molar-refractivity contribution is 6.52. The summed E-state index contributed by atoms with van der Waals surface area (Å²) in [5.74, 6) is -1.84. The lowest BCUT2D eigenvalue weighted by atomic mass is 10.1. The lowest BCUT2D eigenvalue weighted by Crippen LogP contribution is -2.36. The molecule has 0 aromatic heterocycles. The summed E-state index contributed by atoms with van der Waals surface area (Å²) in [4.78, 5) is 24.8. The minimum Gasteiger partial charge on any atom is -0.330 e. The van der Waals surface area contributed by atoms with Crippen LogP contribution < -0.4 is 10.6 Å². The van der Waals surface area contributed by atoms with Gasteiger partial charge in [0.2, 0.25) is 0 Å². The van der Waals surface area contributed by atoms with Crippen molar-refractivity contribution in [1.29, 1.82) is 0 Å². The van der Waals surface area contributed by atoms with E-state index in [2.05, 4.69) is 0 Å². The number of hydrogen-bond acceptors (Lipinski definition) is 3. The average molecular weight is 250 g/mol. The number of ketones is 1. The molecule has 1 heterocycles. The van der Waals surface area contributed by atoms with Crippen LogP contribution in [0.15, 0.2) is 12.1 Å². The standard InChI is InChI=1S/C13H15FN2O2/c1-7-3-9-11(10(14)4-7)16(6-8(2)5-15)13(18)12(9)17/h3-4,8H,5-6,15H2,1-2H3. The summed E-state index contributed by atoms with van der Waals surface area (Å²) >= 11 is 0. The fraction of sp³-hybridized carbons (Fsp3) is 0.385. The highest BCUT2D eigenvalue weighted by Gasteiger charge is 2.38. The Morgan fingerprint density at radius 2 is 2.06 bits per heavy atom. The van der Waals surface area contributed by atoms with Crippen LogP contribution in [-0.4, -0.2) is 24.8 Å². The van der Waals surface area contributed by atoms with Crippen LogP contribution >= 0.6 is 0 Å². The van der Waals surface area contributed by atoms with Crippen molar-refractivity contribution in [3.05, 3.63) is 29.1 Å². The van der Waals surface area contributed by atoms with E-state index < -0.39 is 17.5 Å². The van der Waals surface area contributed by atoms with Crippen molar-refractivity contribution in [2.24, 2.45) is 11.7 Å². The van der Waals surface area contributed by atoms with Gasteiger partial charge in [-0.15, -0.1) is 0 Å². The Morgan fingerprint density at radius 3 is 2.67 bits per heavy atom.